The highest BCUT2D eigenvalue weighted by molar-refractivity contribution is 5.99. The lowest BCUT2D eigenvalue weighted by Crippen LogP contribution is -2.39. The topological polar surface area (TPSA) is 48.5 Å². The zero-order valence-corrected chi connectivity index (χ0v) is 13.3. The van der Waals surface area contributed by atoms with Gasteiger partial charge in [0.25, 0.3) is 5.91 Å². The Labute approximate surface area is 127 Å². The highest BCUT2D eigenvalue weighted by atomic mass is 16.2. The van der Waals surface area contributed by atoms with Crippen molar-refractivity contribution >= 4 is 11.6 Å². The number of pyridine rings is 1. The number of carbonyl (C=O) groups excluding carboxylic acids is 1. The van der Waals surface area contributed by atoms with Gasteiger partial charge in [0.2, 0.25) is 0 Å². The zero-order valence-electron chi connectivity index (χ0n) is 13.3. The van der Waals surface area contributed by atoms with Crippen molar-refractivity contribution in [3.8, 4) is 0 Å². The first-order chi connectivity index (χ1) is 10.1. The third-order valence-corrected chi connectivity index (χ3v) is 4.12. The molecule has 0 spiro atoms. The molecule has 1 amide bonds. The number of nitrogens with one attached hydrogen (secondary N) is 1. The number of likely N-dealkylation sites (N-methyl/N-ethyl adjacent to an activating group) is 2. The molecular formula is C16H26N4O. The van der Waals surface area contributed by atoms with E-state index in [2.05, 4.69) is 29.2 Å². The monoisotopic (exact) mass is 290 g/mol. The molecule has 1 N–H and O–H groups in total. The van der Waals surface area contributed by atoms with Crippen LogP contribution in [0, 0.1) is 0 Å². The summed E-state index contributed by atoms with van der Waals surface area (Å²) in [5, 5.41) is 3.30. The summed E-state index contributed by atoms with van der Waals surface area (Å²) >= 11 is 0. The van der Waals surface area contributed by atoms with E-state index in [4.69, 9.17) is 0 Å². The molecular weight excluding hydrogens is 264 g/mol. The van der Waals surface area contributed by atoms with Crippen molar-refractivity contribution in [3.63, 3.8) is 0 Å². The van der Waals surface area contributed by atoms with Gasteiger partial charge in [0.15, 0.2) is 0 Å². The summed E-state index contributed by atoms with van der Waals surface area (Å²) in [6.07, 6.45) is 6.80. The lowest BCUT2D eigenvalue weighted by atomic mass is 10.1. The summed E-state index contributed by atoms with van der Waals surface area (Å²) in [5.74, 6) is 0.0435. The largest absolute Gasteiger partial charge is 0.384 e. The molecule has 0 aromatic carbocycles. The maximum Gasteiger partial charge on any atom is 0.257 e. The van der Waals surface area contributed by atoms with Crippen molar-refractivity contribution in [3.05, 3.63) is 24.0 Å². The van der Waals surface area contributed by atoms with Crippen molar-refractivity contribution in [2.24, 2.45) is 0 Å². The van der Waals surface area contributed by atoms with Gasteiger partial charge in [0, 0.05) is 38.6 Å². The normalized spacial score (nSPS) is 18.7. The fourth-order valence-electron chi connectivity index (χ4n) is 2.79. The van der Waals surface area contributed by atoms with Gasteiger partial charge in [-0.05, 0) is 38.9 Å². The molecule has 1 aromatic heterocycles. The molecule has 2 rings (SSSR count). The second-order valence-electron chi connectivity index (χ2n) is 5.81. The van der Waals surface area contributed by atoms with E-state index in [1.165, 1.54) is 12.8 Å². The third-order valence-electron chi connectivity index (χ3n) is 4.12. The van der Waals surface area contributed by atoms with E-state index in [9.17, 15) is 4.79 Å². The first-order valence-corrected chi connectivity index (χ1v) is 7.77. The van der Waals surface area contributed by atoms with Gasteiger partial charge in [0.05, 0.1) is 11.3 Å². The molecule has 0 saturated carbocycles. The molecule has 0 radical (unpaired) electrons. The summed E-state index contributed by atoms with van der Waals surface area (Å²) in [5.41, 5.74) is 1.54. The maximum atomic E-state index is 12.7. The van der Waals surface area contributed by atoms with Crippen molar-refractivity contribution in [1.82, 2.24) is 14.8 Å². The first kappa shape index (κ1) is 15.8. The predicted octanol–water partition coefficient (Wildman–Crippen LogP) is 2.07. The van der Waals surface area contributed by atoms with Crippen molar-refractivity contribution in [2.75, 3.05) is 39.0 Å². The molecule has 1 fully saturated rings. The second-order valence-corrected chi connectivity index (χ2v) is 5.81. The van der Waals surface area contributed by atoms with E-state index in [0.29, 0.717) is 11.6 Å². The molecule has 5 heteroatoms. The van der Waals surface area contributed by atoms with Crippen LogP contribution in [0.25, 0.3) is 0 Å². The van der Waals surface area contributed by atoms with Crippen LogP contribution in [0.5, 0.6) is 0 Å². The molecule has 2 heterocycles. The smallest absolute Gasteiger partial charge is 0.257 e. The number of carbonyl (C=O) groups is 1. The second kappa shape index (κ2) is 7.41. The molecule has 21 heavy (non-hydrogen) atoms. The molecule has 1 unspecified atom stereocenters. The van der Waals surface area contributed by atoms with Gasteiger partial charge in [0.1, 0.15) is 0 Å². The van der Waals surface area contributed by atoms with Crippen LogP contribution in [-0.2, 0) is 0 Å². The summed E-state index contributed by atoms with van der Waals surface area (Å²) in [6.45, 7) is 4.87. The summed E-state index contributed by atoms with van der Waals surface area (Å²) in [6, 6.07) is 2.35. The van der Waals surface area contributed by atoms with E-state index in [1.807, 2.05) is 18.0 Å². The van der Waals surface area contributed by atoms with E-state index < -0.39 is 0 Å². The minimum Gasteiger partial charge on any atom is -0.384 e. The SMILES string of the molecule is CCCNc1ccncc1C(=O)N(C)CC1CCCN1C. The molecule has 0 bridgehead atoms. The van der Waals surface area contributed by atoms with Crippen LogP contribution in [0.15, 0.2) is 18.5 Å². The number of aromatic nitrogens is 1. The average molecular weight is 290 g/mol. The Kier molecular flexibility index (Phi) is 5.56. The number of likely N-dealkylation sites (tertiary alicyclic amines) is 1. The number of amides is 1. The Bertz CT molecular complexity index is 477. The number of nitrogens with zero attached hydrogens (tertiary/aromatic N) is 3. The Morgan fingerprint density at radius 1 is 1.57 bits per heavy atom. The van der Waals surface area contributed by atoms with Crippen LogP contribution < -0.4 is 5.32 Å². The molecule has 1 atom stereocenters. The lowest BCUT2D eigenvalue weighted by Gasteiger charge is -2.26. The van der Waals surface area contributed by atoms with Gasteiger partial charge in [-0.3, -0.25) is 9.78 Å². The summed E-state index contributed by atoms with van der Waals surface area (Å²) < 4.78 is 0. The number of anilines is 1. The fraction of sp³-hybridized carbons (Fsp3) is 0.625. The van der Waals surface area contributed by atoms with Gasteiger partial charge in [-0.2, -0.15) is 0 Å². The van der Waals surface area contributed by atoms with E-state index in [-0.39, 0.29) is 5.91 Å². The molecule has 1 aliphatic rings. The van der Waals surface area contributed by atoms with E-state index in [1.54, 1.807) is 12.4 Å². The van der Waals surface area contributed by atoms with Gasteiger partial charge in [-0.25, -0.2) is 0 Å². The zero-order chi connectivity index (χ0) is 15.2. The van der Waals surface area contributed by atoms with E-state index >= 15 is 0 Å². The average Bonchev–Trinajstić information content (AvgIpc) is 2.90. The Hall–Kier alpha value is -1.62. The third kappa shape index (κ3) is 3.94. The lowest BCUT2D eigenvalue weighted by molar-refractivity contribution is 0.0762. The minimum absolute atomic E-state index is 0.0435. The molecule has 1 aliphatic heterocycles. The van der Waals surface area contributed by atoms with Gasteiger partial charge in [-0.15, -0.1) is 0 Å². The minimum atomic E-state index is 0.0435. The molecule has 0 aliphatic carbocycles. The highest BCUT2D eigenvalue weighted by Crippen LogP contribution is 2.19. The molecule has 1 saturated heterocycles. The quantitative estimate of drug-likeness (QED) is 0.871. The molecule has 116 valence electrons. The van der Waals surface area contributed by atoms with Gasteiger partial charge >= 0.3 is 0 Å². The van der Waals surface area contributed by atoms with Crippen LogP contribution in [0.4, 0.5) is 5.69 Å². The van der Waals surface area contributed by atoms with Crippen LogP contribution in [0.1, 0.15) is 36.5 Å². The molecule has 1 aromatic rings. The number of hydrogen-bond acceptors (Lipinski definition) is 4. The van der Waals surface area contributed by atoms with E-state index in [0.717, 1.165) is 31.7 Å². The number of rotatable bonds is 6. The highest BCUT2D eigenvalue weighted by Gasteiger charge is 2.25. The van der Waals surface area contributed by atoms with Gasteiger partial charge < -0.3 is 15.1 Å². The number of hydrogen-bond donors (Lipinski definition) is 1. The van der Waals surface area contributed by atoms with Crippen molar-refractivity contribution < 1.29 is 4.79 Å². The van der Waals surface area contributed by atoms with Gasteiger partial charge in [-0.1, -0.05) is 6.92 Å². The predicted molar refractivity (Wildman–Crippen MR) is 85.6 cm³/mol. The summed E-state index contributed by atoms with van der Waals surface area (Å²) in [7, 11) is 4.01. The summed E-state index contributed by atoms with van der Waals surface area (Å²) in [4.78, 5) is 20.9. The van der Waals surface area contributed by atoms with Crippen molar-refractivity contribution in [1.29, 1.82) is 0 Å². The van der Waals surface area contributed by atoms with Crippen LogP contribution in [-0.4, -0.2) is 60.5 Å². The Morgan fingerprint density at radius 3 is 3.05 bits per heavy atom. The first-order valence-electron chi connectivity index (χ1n) is 7.77. The van der Waals surface area contributed by atoms with Crippen LogP contribution >= 0.6 is 0 Å². The van der Waals surface area contributed by atoms with Crippen molar-refractivity contribution in [2.45, 2.75) is 32.2 Å². The fourth-order valence-corrected chi connectivity index (χ4v) is 2.79. The Balaban J connectivity index is 2.04. The van der Waals surface area contributed by atoms with Crippen LogP contribution in [0.2, 0.25) is 0 Å². The molecule has 5 nitrogen and oxygen atoms in total. The Morgan fingerprint density at radius 2 is 2.38 bits per heavy atom. The standard InChI is InChI=1S/C16H26N4O/c1-4-8-18-15-7-9-17-11-14(15)16(21)20(3)12-13-6-5-10-19(13)2/h7,9,11,13H,4-6,8,10,12H2,1-3H3,(H,17,18). The van der Waals surface area contributed by atoms with Crippen LogP contribution in [0.3, 0.4) is 0 Å². The maximum absolute atomic E-state index is 12.7.